The number of nitrogens with one attached hydrogen (secondary N) is 2. The zero-order valence-electron chi connectivity index (χ0n) is 10.4. The Hall–Kier alpha value is -0.500. The lowest BCUT2D eigenvalue weighted by molar-refractivity contribution is 0.469. The maximum absolute atomic E-state index is 11.8. The Labute approximate surface area is 107 Å². The highest BCUT2D eigenvalue weighted by Crippen LogP contribution is 2.22. The van der Waals surface area contributed by atoms with Crippen LogP contribution in [0, 0.1) is 0 Å². The summed E-state index contributed by atoms with van der Waals surface area (Å²) < 4.78 is 26.4. The van der Waals surface area contributed by atoms with Gasteiger partial charge in [0.15, 0.2) is 0 Å². The third kappa shape index (κ3) is 4.71. The van der Waals surface area contributed by atoms with E-state index in [4.69, 9.17) is 0 Å². The number of nitrogens with zero attached hydrogens (tertiary/aromatic N) is 1. The minimum absolute atomic E-state index is 0.0790. The molecule has 1 heterocycles. The van der Waals surface area contributed by atoms with Crippen molar-refractivity contribution in [2.45, 2.75) is 26.3 Å². The molecule has 0 amide bonds. The lowest BCUT2D eigenvalue weighted by Gasteiger charge is -2.23. The molecule has 1 aromatic heterocycles. The number of hydrogen-bond acceptors (Lipinski definition) is 5. The van der Waals surface area contributed by atoms with Crippen LogP contribution in [0.25, 0.3) is 0 Å². The van der Waals surface area contributed by atoms with Crippen molar-refractivity contribution < 1.29 is 8.42 Å². The van der Waals surface area contributed by atoms with Crippen LogP contribution in [0.3, 0.4) is 0 Å². The van der Waals surface area contributed by atoms with E-state index in [9.17, 15) is 8.42 Å². The Morgan fingerprint density at radius 1 is 1.47 bits per heavy atom. The van der Waals surface area contributed by atoms with Gasteiger partial charge in [-0.25, -0.2) is 18.1 Å². The van der Waals surface area contributed by atoms with Crippen molar-refractivity contribution in [3.63, 3.8) is 0 Å². The molecule has 17 heavy (non-hydrogen) atoms. The summed E-state index contributed by atoms with van der Waals surface area (Å²) in [4.78, 5) is 4.14. The highest BCUT2D eigenvalue weighted by atomic mass is 32.2. The largest absolute Gasteiger partial charge is 0.316 e. The van der Waals surface area contributed by atoms with Gasteiger partial charge in [-0.2, -0.15) is 0 Å². The van der Waals surface area contributed by atoms with Gasteiger partial charge >= 0.3 is 0 Å². The fraction of sp³-hybridized carbons (Fsp3) is 0.700. The molecule has 98 valence electrons. The Kier molecular flexibility index (Phi) is 5.05. The fourth-order valence-corrected chi connectivity index (χ4v) is 3.57. The summed E-state index contributed by atoms with van der Waals surface area (Å²) in [5.41, 5.74) is -0.654. The molecular weight excluding hydrogens is 258 g/mol. The van der Waals surface area contributed by atoms with E-state index in [1.165, 1.54) is 11.3 Å². The van der Waals surface area contributed by atoms with E-state index in [1.54, 1.807) is 6.20 Å². The van der Waals surface area contributed by atoms with Crippen molar-refractivity contribution in [2.24, 2.45) is 0 Å². The molecule has 2 N–H and O–H groups in total. The number of sulfonamides is 1. The molecule has 0 unspecified atom stereocenters. The molecule has 0 saturated carbocycles. The molecule has 7 heteroatoms. The number of thiazole rings is 1. The average Bonchev–Trinajstić information content (AvgIpc) is 2.69. The molecule has 0 aromatic carbocycles. The van der Waals surface area contributed by atoms with E-state index in [0.29, 0.717) is 6.54 Å². The predicted octanol–water partition coefficient (Wildman–Crippen LogP) is 0.907. The van der Waals surface area contributed by atoms with Crippen LogP contribution >= 0.6 is 11.3 Å². The van der Waals surface area contributed by atoms with Gasteiger partial charge in [-0.3, -0.25) is 0 Å². The van der Waals surface area contributed by atoms with Crippen molar-refractivity contribution in [1.29, 1.82) is 0 Å². The summed E-state index contributed by atoms with van der Waals surface area (Å²) in [6.07, 6.45) is 1.68. The van der Waals surface area contributed by atoms with Gasteiger partial charge in [0.25, 0.3) is 0 Å². The van der Waals surface area contributed by atoms with Crippen molar-refractivity contribution in [3.8, 4) is 0 Å². The van der Waals surface area contributed by atoms with Crippen LogP contribution in [0.1, 0.15) is 25.8 Å². The standard InChI is InChI=1S/C10H19N3O2S2/c1-4-11-6-8-17(14,15)13-10(2,3)9-12-5-7-16-9/h5,7,11,13H,4,6,8H2,1-3H3. The highest BCUT2D eigenvalue weighted by molar-refractivity contribution is 7.89. The first-order valence-electron chi connectivity index (χ1n) is 5.50. The summed E-state index contributed by atoms with van der Waals surface area (Å²) >= 11 is 1.45. The summed E-state index contributed by atoms with van der Waals surface area (Å²) in [5.74, 6) is 0.0790. The van der Waals surface area contributed by atoms with Crippen molar-refractivity contribution in [2.75, 3.05) is 18.8 Å². The van der Waals surface area contributed by atoms with E-state index in [0.717, 1.165) is 11.6 Å². The van der Waals surface area contributed by atoms with Gasteiger partial charge < -0.3 is 5.32 Å². The van der Waals surface area contributed by atoms with E-state index >= 15 is 0 Å². The minimum atomic E-state index is -3.28. The molecule has 0 spiro atoms. The van der Waals surface area contributed by atoms with Crippen LogP contribution in [-0.2, 0) is 15.6 Å². The SMILES string of the molecule is CCNCCS(=O)(=O)NC(C)(C)c1nccs1. The van der Waals surface area contributed by atoms with Crippen molar-refractivity contribution >= 4 is 21.4 Å². The molecule has 1 aromatic rings. The van der Waals surface area contributed by atoms with Gasteiger partial charge in [0, 0.05) is 18.1 Å². The van der Waals surface area contributed by atoms with Gasteiger partial charge in [0.2, 0.25) is 10.0 Å². The molecule has 0 aliphatic carbocycles. The number of rotatable bonds is 7. The lowest BCUT2D eigenvalue weighted by atomic mass is 10.1. The predicted molar refractivity (Wildman–Crippen MR) is 70.6 cm³/mol. The molecule has 0 aliphatic heterocycles. The van der Waals surface area contributed by atoms with Crippen LogP contribution in [0.15, 0.2) is 11.6 Å². The second-order valence-corrected chi connectivity index (χ2v) is 6.97. The van der Waals surface area contributed by atoms with E-state index in [1.807, 2.05) is 26.2 Å². The zero-order valence-corrected chi connectivity index (χ0v) is 12.0. The molecule has 0 aliphatic rings. The number of aromatic nitrogens is 1. The third-order valence-corrected chi connectivity index (χ3v) is 4.83. The van der Waals surface area contributed by atoms with Crippen LogP contribution in [0.2, 0.25) is 0 Å². The van der Waals surface area contributed by atoms with E-state index in [-0.39, 0.29) is 5.75 Å². The molecule has 0 bridgehead atoms. The van der Waals surface area contributed by atoms with E-state index < -0.39 is 15.6 Å². The number of hydrogen-bond donors (Lipinski definition) is 2. The summed E-state index contributed by atoms with van der Waals surface area (Å²) in [7, 11) is -3.28. The minimum Gasteiger partial charge on any atom is -0.316 e. The highest BCUT2D eigenvalue weighted by Gasteiger charge is 2.28. The second-order valence-electron chi connectivity index (χ2n) is 4.24. The van der Waals surface area contributed by atoms with Crippen LogP contribution in [0.4, 0.5) is 0 Å². The van der Waals surface area contributed by atoms with Crippen LogP contribution in [0.5, 0.6) is 0 Å². The zero-order chi connectivity index (χ0) is 12.9. The topological polar surface area (TPSA) is 71.1 Å². The molecule has 0 atom stereocenters. The Morgan fingerprint density at radius 3 is 2.71 bits per heavy atom. The quantitative estimate of drug-likeness (QED) is 0.727. The smallest absolute Gasteiger partial charge is 0.213 e. The lowest BCUT2D eigenvalue weighted by Crippen LogP contribution is -2.43. The van der Waals surface area contributed by atoms with Gasteiger partial charge in [-0.1, -0.05) is 6.92 Å². The van der Waals surface area contributed by atoms with Crippen LogP contribution < -0.4 is 10.0 Å². The average molecular weight is 277 g/mol. The first-order chi connectivity index (χ1) is 7.87. The maximum atomic E-state index is 11.8. The van der Waals surface area contributed by atoms with Crippen molar-refractivity contribution in [1.82, 2.24) is 15.0 Å². The molecular formula is C10H19N3O2S2. The second kappa shape index (κ2) is 5.90. The molecule has 0 saturated heterocycles. The van der Waals surface area contributed by atoms with Gasteiger partial charge in [0.05, 0.1) is 11.3 Å². The first-order valence-corrected chi connectivity index (χ1v) is 8.03. The van der Waals surface area contributed by atoms with Gasteiger partial charge in [-0.15, -0.1) is 11.3 Å². The molecule has 1 rings (SSSR count). The fourth-order valence-electron chi connectivity index (χ4n) is 1.40. The first kappa shape index (κ1) is 14.6. The summed E-state index contributed by atoms with van der Waals surface area (Å²) in [6, 6.07) is 0. The summed E-state index contributed by atoms with van der Waals surface area (Å²) in [6.45, 7) is 6.80. The van der Waals surface area contributed by atoms with Crippen molar-refractivity contribution in [3.05, 3.63) is 16.6 Å². The third-order valence-electron chi connectivity index (χ3n) is 2.18. The maximum Gasteiger partial charge on any atom is 0.213 e. The van der Waals surface area contributed by atoms with E-state index in [2.05, 4.69) is 15.0 Å². The molecule has 0 fully saturated rings. The Morgan fingerprint density at radius 2 is 2.18 bits per heavy atom. The Bertz CT molecular complexity index is 426. The monoisotopic (exact) mass is 277 g/mol. The Balaban J connectivity index is 2.63. The molecule has 5 nitrogen and oxygen atoms in total. The van der Waals surface area contributed by atoms with Gasteiger partial charge in [-0.05, 0) is 20.4 Å². The van der Waals surface area contributed by atoms with Gasteiger partial charge in [0.1, 0.15) is 5.01 Å². The normalized spacial score (nSPS) is 12.9. The van der Waals surface area contributed by atoms with Crippen LogP contribution in [-0.4, -0.2) is 32.2 Å². The summed E-state index contributed by atoms with van der Waals surface area (Å²) in [5, 5.41) is 5.60. The molecule has 0 radical (unpaired) electrons.